The first-order valence-electron chi connectivity index (χ1n) is 8.99. The summed E-state index contributed by atoms with van der Waals surface area (Å²) in [5.74, 6) is -0.918. The van der Waals surface area contributed by atoms with E-state index < -0.39 is 28.5 Å². The molecular weight excluding hydrogens is 392 g/mol. The molecule has 1 saturated heterocycles. The summed E-state index contributed by atoms with van der Waals surface area (Å²) in [6, 6.07) is 3.95. The number of hydrogen-bond acceptors (Lipinski definition) is 5. The molecule has 1 amide bonds. The molecule has 1 atom stereocenters. The van der Waals surface area contributed by atoms with E-state index in [4.69, 9.17) is 16.3 Å². The highest BCUT2D eigenvalue weighted by molar-refractivity contribution is 7.89. The number of halogens is 1. The Morgan fingerprint density at radius 1 is 1.37 bits per heavy atom. The van der Waals surface area contributed by atoms with Crippen molar-refractivity contribution in [3.8, 4) is 0 Å². The van der Waals surface area contributed by atoms with Crippen LogP contribution in [0, 0.1) is 5.92 Å². The summed E-state index contributed by atoms with van der Waals surface area (Å²) in [5.41, 5.74) is 0.0336. The van der Waals surface area contributed by atoms with Gasteiger partial charge >= 0.3 is 5.97 Å². The van der Waals surface area contributed by atoms with Gasteiger partial charge in [0.1, 0.15) is 4.90 Å². The van der Waals surface area contributed by atoms with Crippen molar-refractivity contribution in [2.45, 2.75) is 38.0 Å². The second-order valence-corrected chi connectivity index (χ2v) is 9.00. The zero-order chi connectivity index (χ0) is 20.0. The van der Waals surface area contributed by atoms with E-state index in [0.717, 1.165) is 19.3 Å². The van der Waals surface area contributed by atoms with Crippen LogP contribution in [0.4, 0.5) is 0 Å². The van der Waals surface area contributed by atoms with Gasteiger partial charge in [0.25, 0.3) is 5.91 Å². The monoisotopic (exact) mass is 416 g/mol. The largest absolute Gasteiger partial charge is 0.452 e. The molecule has 27 heavy (non-hydrogen) atoms. The molecule has 1 heterocycles. The summed E-state index contributed by atoms with van der Waals surface area (Å²) < 4.78 is 32.2. The summed E-state index contributed by atoms with van der Waals surface area (Å²) in [6.07, 6.45) is 2.53. The zero-order valence-corrected chi connectivity index (χ0v) is 17.1. The molecule has 2 rings (SSSR count). The van der Waals surface area contributed by atoms with E-state index in [0.29, 0.717) is 19.6 Å². The van der Waals surface area contributed by atoms with Crippen molar-refractivity contribution in [1.29, 1.82) is 0 Å². The number of esters is 1. The lowest BCUT2D eigenvalue weighted by Gasteiger charge is -2.30. The second-order valence-electron chi connectivity index (χ2n) is 6.68. The Balaban J connectivity index is 2.15. The van der Waals surface area contributed by atoms with Gasteiger partial charge in [0.15, 0.2) is 6.61 Å². The highest BCUT2D eigenvalue weighted by atomic mass is 35.5. The van der Waals surface area contributed by atoms with Gasteiger partial charge in [-0.25, -0.2) is 13.2 Å². The molecule has 0 bridgehead atoms. The van der Waals surface area contributed by atoms with Gasteiger partial charge in [0, 0.05) is 19.6 Å². The summed E-state index contributed by atoms with van der Waals surface area (Å²) in [5, 5.41) is 2.64. The van der Waals surface area contributed by atoms with Crippen molar-refractivity contribution in [2.24, 2.45) is 5.92 Å². The number of ether oxygens (including phenoxy) is 1. The molecular formula is C18H25ClN2O5S. The van der Waals surface area contributed by atoms with Gasteiger partial charge < -0.3 is 10.1 Å². The van der Waals surface area contributed by atoms with Gasteiger partial charge in [-0.1, -0.05) is 25.4 Å². The number of hydrogen-bond donors (Lipinski definition) is 1. The van der Waals surface area contributed by atoms with Crippen LogP contribution in [-0.2, 0) is 19.6 Å². The minimum absolute atomic E-state index is 0.0336. The van der Waals surface area contributed by atoms with E-state index in [2.05, 4.69) is 5.32 Å². The number of nitrogens with zero attached hydrogens (tertiary/aromatic N) is 1. The van der Waals surface area contributed by atoms with E-state index in [1.54, 1.807) is 0 Å². The van der Waals surface area contributed by atoms with Crippen molar-refractivity contribution in [2.75, 3.05) is 26.2 Å². The Bertz CT molecular complexity index is 797. The van der Waals surface area contributed by atoms with Crippen LogP contribution in [0.15, 0.2) is 23.1 Å². The van der Waals surface area contributed by atoms with Crippen LogP contribution in [0.3, 0.4) is 0 Å². The molecule has 1 unspecified atom stereocenters. The smallest absolute Gasteiger partial charge is 0.338 e. The fourth-order valence-electron chi connectivity index (χ4n) is 2.86. The first-order valence-corrected chi connectivity index (χ1v) is 10.8. The molecule has 1 fully saturated rings. The molecule has 1 aliphatic heterocycles. The van der Waals surface area contributed by atoms with E-state index in [9.17, 15) is 18.0 Å². The van der Waals surface area contributed by atoms with Gasteiger partial charge in [-0.3, -0.25) is 4.79 Å². The van der Waals surface area contributed by atoms with Gasteiger partial charge in [-0.15, -0.1) is 0 Å². The van der Waals surface area contributed by atoms with Crippen LogP contribution in [-0.4, -0.2) is 50.8 Å². The normalized spacial score (nSPS) is 18.1. The first-order chi connectivity index (χ1) is 12.8. The highest BCUT2D eigenvalue weighted by Crippen LogP contribution is 2.29. The van der Waals surface area contributed by atoms with Crippen LogP contribution < -0.4 is 5.32 Å². The van der Waals surface area contributed by atoms with Crippen LogP contribution in [0.5, 0.6) is 0 Å². The number of benzene rings is 1. The number of carbonyl (C=O) groups excluding carboxylic acids is 2. The average molecular weight is 417 g/mol. The third-order valence-electron chi connectivity index (χ3n) is 4.31. The quantitative estimate of drug-likeness (QED) is 0.689. The van der Waals surface area contributed by atoms with Crippen LogP contribution in [0.1, 0.15) is 43.5 Å². The topological polar surface area (TPSA) is 92.8 Å². The lowest BCUT2D eigenvalue weighted by atomic mass is 10.0. The third kappa shape index (κ3) is 5.67. The SMILES string of the molecule is CCCNC(=O)COC(=O)c1ccc(Cl)c(S(=O)(=O)N2CCCC(C)C2)c1. The standard InChI is InChI=1S/C18H25ClN2O5S/c1-3-8-20-17(22)12-26-18(23)14-6-7-15(19)16(10-14)27(24,25)21-9-4-5-13(2)11-21/h6-7,10,13H,3-5,8-9,11-12H2,1-2H3,(H,20,22). The van der Waals surface area contributed by atoms with E-state index >= 15 is 0 Å². The van der Waals surface area contributed by atoms with Crippen molar-refractivity contribution < 1.29 is 22.7 Å². The van der Waals surface area contributed by atoms with Gasteiger partial charge in [0.2, 0.25) is 10.0 Å². The summed E-state index contributed by atoms with van der Waals surface area (Å²) in [4.78, 5) is 23.6. The zero-order valence-electron chi connectivity index (χ0n) is 15.5. The van der Waals surface area contributed by atoms with Crippen molar-refractivity contribution in [3.63, 3.8) is 0 Å². The molecule has 0 spiro atoms. The summed E-state index contributed by atoms with van der Waals surface area (Å²) in [6.45, 7) is 4.83. The number of sulfonamides is 1. The maximum atomic E-state index is 12.9. The maximum absolute atomic E-state index is 12.9. The second kappa shape index (κ2) is 9.52. The number of amides is 1. The molecule has 7 nitrogen and oxygen atoms in total. The molecule has 150 valence electrons. The summed E-state index contributed by atoms with van der Waals surface area (Å²) >= 11 is 6.10. The average Bonchev–Trinajstić information content (AvgIpc) is 2.64. The fourth-order valence-corrected chi connectivity index (χ4v) is 4.96. The lowest BCUT2D eigenvalue weighted by molar-refractivity contribution is -0.124. The molecule has 1 N–H and O–H groups in total. The van der Waals surface area contributed by atoms with E-state index in [-0.39, 0.29) is 21.4 Å². The van der Waals surface area contributed by atoms with Crippen molar-refractivity contribution >= 4 is 33.5 Å². The Morgan fingerprint density at radius 2 is 2.11 bits per heavy atom. The van der Waals surface area contributed by atoms with Gasteiger partial charge in [0.05, 0.1) is 10.6 Å². The van der Waals surface area contributed by atoms with Crippen LogP contribution >= 0.6 is 11.6 Å². The fraction of sp³-hybridized carbons (Fsp3) is 0.556. The molecule has 1 aliphatic rings. The Morgan fingerprint density at radius 3 is 2.78 bits per heavy atom. The molecule has 0 radical (unpaired) electrons. The number of rotatable bonds is 7. The van der Waals surface area contributed by atoms with Crippen molar-refractivity contribution in [1.82, 2.24) is 9.62 Å². The molecule has 9 heteroatoms. The van der Waals surface area contributed by atoms with E-state index in [1.165, 1.54) is 22.5 Å². The molecule has 1 aromatic rings. The van der Waals surface area contributed by atoms with Crippen LogP contribution in [0.25, 0.3) is 0 Å². The highest BCUT2D eigenvalue weighted by Gasteiger charge is 2.31. The Kier molecular flexibility index (Phi) is 7.64. The van der Waals surface area contributed by atoms with Crippen LogP contribution in [0.2, 0.25) is 5.02 Å². The predicted molar refractivity (Wildman–Crippen MR) is 102 cm³/mol. The third-order valence-corrected chi connectivity index (χ3v) is 6.66. The minimum Gasteiger partial charge on any atom is -0.452 e. The van der Waals surface area contributed by atoms with Gasteiger partial charge in [-0.05, 0) is 43.4 Å². The Hall–Kier alpha value is -1.64. The maximum Gasteiger partial charge on any atom is 0.338 e. The number of piperidine rings is 1. The summed E-state index contributed by atoms with van der Waals surface area (Å²) in [7, 11) is -3.81. The number of nitrogens with one attached hydrogen (secondary N) is 1. The first kappa shape index (κ1) is 21.7. The lowest BCUT2D eigenvalue weighted by Crippen LogP contribution is -2.39. The Labute approximate surface area is 165 Å². The number of carbonyl (C=O) groups is 2. The molecule has 0 aromatic heterocycles. The molecule has 1 aromatic carbocycles. The molecule has 0 aliphatic carbocycles. The molecule has 0 saturated carbocycles. The predicted octanol–water partition coefficient (Wildman–Crippen LogP) is 2.44. The minimum atomic E-state index is -3.81. The van der Waals surface area contributed by atoms with Gasteiger partial charge in [-0.2, -0.15) is 4.31 Å². The van der Waals surface area contributed by atoms with Crippen molar-refractivity contribution in [3.05, 3.63) is 28.8 Å². The van der Waals surface area contributed by atoms with E-state index in [1.807, 2.05) is 13.8 Å².